The molecule has 0 heterocycles. The topological polar surface area (TPSA) is 38.3 Å². The van der Waals surface area contributed by atoms with E-state index in [1.165, 1.54) is 12.1 Å². The van der Waals surface area contributed by atoms with Gasteiger partial charge in [-0.15, -0.1) is 0 Å². The van der Waals surface area contributed by atoms with Gasteiger partial charge in [-0.3, -0.25) is 4.79 Å². The number of ether oxygens (including phenoxy) is 1. The average molecular weight is 322 g/mol. The lowest BCUT2D eigenvalue weighted by molar-refractivity contribution is 0.0950. The first-order chi connectivity index (χ1) is 10.5. The van der Waals surface area contributed by atoms with E-state index in [1.54, 1.807) is 7.11 Å². The number of carbonyl (C=O) groups is 1. The van der Waals surface area contributed by atoms with Crippen LogP contribution in [0.1, 0.15) is 21.5 Å². The summed E-state index contributed by atoms with van der Waals surface area (Å²) in [6.45, 7) is 2.38. The fourth-order valence-corrected chi connectivity index (χ4v) is 2.34. The largest absolute Gasteiger partial charge is 0.496 e. The fourth-order valence-electron chi connectivity index (χ4n) is 2.18. The molecule has 22 heavy (non-hydrogen) atoms. The molecule has 116 valence electrons. The van der Waals surface area contributed by atoms with Crippen LogP contribution < -0.4 is 10.1 Å². The van der Waals surface area contributed by atoms with Crippen LogP contribution in [0.15, 0.2) is 36.4 Å². The monoisotopic (exact) mass is 321 g/mol. The summed E-state index contributed by atoms with van der Waals surface area (Å²) in [5, 5.41) is 2.96. The number of methoxy groups -OCH3 is 1. The van der Waals surface area contributed by atoms with Crippen molar-refractivity contribution in [1.29, 1.82) is 0 Å². The van der Waals surface area contributed by atoms with E-state index < -0.39 is 11.7 Å². The molecule has 1 amide bonds. The van der Waals surface area contributed by atoms with E-state index in [4.69, 9.17) is 16.3 Å². The first-order valence-corrected chi connectivity index (χ1v) is 7.26. The number of nitrogens with one attached hydrogen (secondary N) is 1. The van der Waals surface area contributed by atoms with Crippen molar-refractivity contribution in [3.05, 3.63) is 63.9 Å². The number of carbonyl (C=O) groups excluding carboxylic acids is 1. The van der Waals surface area contributed by atoms with Crippen molar-refractivity contribution in [3.63, 3.8) is 0 Å². The Bertz CT molecular complexity index is 688. The van der Waals surface area contributed by atoms with Crippen molar-refractivity contribution in [2.24, 2.45) is 0 Å². The van der Waals surface area contributed by atoms with E-state index >= 15 is 0 Å². The highest BCUT2D eigenvalue weighted by atomic mass is 35.5. The lowest BCUT2D eigenvalue weighted by atomic mass is 10.1. The zero-order valence-electron chi connectivity index (χ0n) is 12.5. The number of hydrogen-bond donors (Lipinski definition) is 1. The standard InChI is InChI=1S/C17H17ClFNO2/c1-11-3-6-16(22-2)12(9-11)7-8-20-17(21)14-5-4-13(18)10-15(14)19/h3-6,9-10H,7-8H2,1-2H3,(H,20,21). The summed E-state index contributed by atoms with van der Waals surface area (Å²) in [6.07, 6.45) is 0.603. The van der Waals surface area contributed by atoms with Crippen molar-refractivity contribution in [2.75, 3.05) is 13.7 Å². The van der Waals surface area contributed by atoms with E-state index in [0.717, 1.165) is 22.9 Å². The van der Waals surface area contributed by atoms with Gasteiger partial charge in [0.25, 0.3) is 5.91 Å². The summed E-state index contributed by atoms with van der Waals surface area (Å²) in [4.78, 5) is 12.0. The Morgan fingerprint density at radius 2 is 2.05 bits per heavy atom. The van der Waals surface area contributed by atoms with Crippen molar-refractivity contribution in [1.82, 2.24) is 5.32 Å². The van der Waals surface area contributed by atoms with Gasteiger partial charge in [0.2, 0.25) is 0 Å². The summed E-state index contributed by atoms with van der Waals surface area (Å²) in [7, 11) is 1.61. The van der Waals surface area contributed by atoms with E-state index in [-0.39, 0.29) is 10.6 Å². The van der Waals surface area contributed by atoms with Crippen LogP contribution in [-0.2, 0) is 6.42 Å². The molecule has 0 fully saturated rings. The lowest BCUT2D eigenvalue weighted by Crippen LogP contribution is -2.26. The molecular formula is C17H17ClFNO2. The fraction of sp³-hybridized carbons (Fsp3) is 0.235. The van der Waals surface area contributed by atoms with Crippen LogP contribution >= 0.6 is 11.6 Å². The molecule has 0 unspecified atom stereocenters. The maximum Gasteiger partial charge on any atom is 0.254 e. The highest BCUT2D eigenvalue weighted by Gasteiger charge is 2.12. The number of benzene rings is 2. The molecule has 2 aromatic rings. The van der Waals surface area contributed by atoms with Gasteiger partial charge >= 0.3 is 0 Å². The Hall–Kier alpha value is -2.07. The number of aryl methyl sites for hydroxylation is 1. The molecule has 0 spiro atoms. The van der Waals surface area contributed by atoms with Gasteiger partial charge in [-0.25, -0.2) is 4.39 Å². The molecule has 0 aliphatic rings. The van der Waals surface area contributed by atoms with Crippen molar-refractivity contribution in [3.8, 4) is 5.75 Å². The number of hydrogen-bond acceptors (Lipinski definition) is 2. The van der Waals surface area contributed by atoms with Crippen LogP contribution in [0.5, 0.6) is 5.75 Å². The van der Waals surface area contributed by atoms with Crippen molar-refractivity contribution < 1.29 is 13.9 Å². The van der Waals surface area contributed by atoms with E-state index in [9.17, 15) is 9.18 Å². The summed E-state index contributed by atoms with van der Waals surface area (Å²) in [5.41, 5.74) is 2.10. The first kappa shape index (κ1) is 16.3. The maximum absolute atomic E-state index is 13.7. The second-order valence-electron chi connectivity index (χ2n) is 4.95. The van der Waals surface area contributed by atoms with E-state index in [0.29, 0.717) is 13.0 Å². The summed E-state index contributed by atoms with van der Waals surface area (Å²) in [5.74, 6) is -0.309. The van der Waals surface area contributed by atoms with Gasteiger partial charge in [-0.2, -0.15) is 0 Å². The highest BCUT2D eigenvalue weighted by molar-refractivity contribution is 6.30. The molecule has 1 N–H and O–H groups in total. The molecule has 0 bridgehead atoms. The molecule has 0 aliphatic heterocycles. The molecule has 0 aromatic heterocycles. The number of rotatable bonds is 5. The molecule has 2 rings (SSSR count). The van der Waals surface area contributed by atoms with Gasteiger partial charge in [-0.05, 0) is 43.2 Å². The van der Waals surface area contributed by atoms with Gasteiger partial charge in [0.1, 0.15) is 11.6 Å². The molecular weight excluding hydrogens is 305 g/mol. The van der Waals surface area contributed by atoms with Crippen molar-refractivity contribution in [2.45, 2.75) is 13.3 Å². The Morgan fingerprint density at radius 1 is 1.27 bits per heavy atom. The average Bonchev–Trinajstić information content (AvgIpc) is 2.47. The van der Waals surface area contributed by atoms with Crippen LogP contribution in [0.3, 0.4) is 0 Å². The predicted molar refractivity (Wildman–Crippen MR) is 85.2 cm³/mol. The van der Waals surface area contributed by atoms with Gasteiger partial charge in [0.15, 0.2) is 0 Å². The third-order valence-electron chi connectivity index (χ3n) is 3.29. The molecule has 0 saturated carbocycles. The first-order valence-electron chi connectivity index (χ1n) is 6.88. The van der Waals surface area contributed by atoms with Crippen LogP contribution in [-0.4, -0.2) is 19.6 Å². The smallest absolute Gasteiger partial charge is 0.254 e. The van der Waals surface area contributed by atoms with Crippen LogP contribution in [0.25, 0.3) is 0 Å². The quantitative estimate of drug-likeness (QED) is 0.910. The predicted octanol–water partition coefficient (Wildman–Crippen LogP) is 3.77. The second kappa shape index (κ2) is 7.27. The lowest BCUT2D eigenvalue weighted by Gasteiger charge is -2.10. The van der Waals surface area contributed by atoms with Gasteiger partial charge in [0, 0.05) is 11.6 Å². The normalized spacial score (nSPS) is 10.4. The van der Waals surface area contributed by atoms with Crippen LogP contribution in [0, 0.1) is 12.7 Å². The molecule has 5 heteroatoms. The van der Waals surface area contributed by atoms with Gasteiger partial charge in [0.05, 0.1) is 12.7 Å². The van der Waals surface area contributed by atoms with E-state index in [1.807, 2.05) is 25.1 Å². The number of amides is 1. The molecule has 0 radical (unpaired) electrons. The summed E-state index contributed by atoms with van der Waals surface area (Å²) in [6, 6.07) is 9.85. The molecule has 3 nitrogen and oxygen atoms in total. The van der Waals surface area contributed by atoms with Crippen LogP contribution in [0.4, 0.5) is 4.39 Å². The van der Waals surface area contributed by atoms with Gasteiger partial charge < -0.3 is 10.1 Å². The minimum Gasteiger partial charge on any atom is -0.496 e. The second-order valence-corrected chi connectivity index (χ2v) is 5.38. The molecule has 2 aromatic carbocycles. The number of halogens is 2. The molecule has 0 saturated heterocycles. The van der Waals surface area contributed by atoms with Gasteiger partial charge in [-0.1, -0.05) is 29.3 Å². The SMILES string of the molecule is COc1ccc(C)cc1CCNC(=O)c1ccc(Cl)cc1F. The Labute approximate surface area is 134 Å². The van der Waals surface area contributed by atoms with E-state index in [2.05, 4.69) is 5.32 Å². The third-order valence-corrected chi connectivity index (χ3v) is 3.53. The minimum absolute atomic E-state index is 0.0133. The van der Waals surface area contributed by atoms with Crippen LogP contribution in [0.2, 0.25) is 5.02 Å². The highest BCUT2D eigenvalue weighted by Crippen LogP contribution is 2.20. The Morgan fingerprint density at radius 3 is 2.73 bits per heavy atom. The summed E-state index contributed by atoms with van der Waals surface area (Å²) < 4.78 is 18.9. The maximum atomic E-state index is 13.7. The minimum atomic E-state index is -0.627. The third kappa shape index (κ3) is 3.98. The summed E-state index contributed by atoms with van der Waals surface area (Å²) >= 11 is 5.67. The Balaban J connectivity index is 1.99. The zero-order chi connectivity index (χ0) is 16.1. The molecule has 0 aliphatic carbocycles. The zero-order valence-corrected chi connectivity index (χ0v) is 13.2. The van der Waals surface area contributed by atoms with Crippen molar-refractivity contribution >= 4 is 17.5 Å². The Kier molecular flexibility index (Phi) is 5.39. The molecule has 0 atom stereocenters.